The van der Waals surface area contributed by atoms with Gasteiger partial charge in [0.25, 0.3) is 5.91 Å². The number of halogens is 1. The number of likely N-dealkylation sites (N-methyl/N-ethyl adjacent to an activating group) is 1. The molecule has 13 heteroatoms. The second-order valence-electron chi connectivity index (χ2n) is 14.7. The van der Waals surface area contributed by atoms with Gasteiger partial charge < -0.3 is 30.4 Å². The molecule has 0 bridgehead atoms. The van der Waals surface area contributed by atoms with Crippen molar-refractivity contribution in [1.29, 1.82) is 0 Å². The quantitative estimate of drug-likeness (QED) is 0.217. The van der Waals surface area contributed by atoms with E-state index in [0.29, 0.717) is 34.9 Å². The summed E-state index contributed by atoms with van der Waals surface area (Å²) in [5.41, 5.74) is -0.581. The van der Waals surface area contributed by atoms with Crippen LogP contribution in [0.3, 0.4) is 0 Å². The minimum absolute atomic E-state index is 0.00666. The molecule has 1 spiro atoms. The second kappa shape index (κ2) is 16.4. The highest BCUT2D eigenvalue weighted by Gasteiger charge is 2.56. The van der Waals surface area contributed by atoms with E-state index in [2.05, 4.69) is 21.1 Å². The molecule has 3 N–H and O–H groups in total. The van der Waals surface area contributed by atoms with Gasteiger partial charge in [0.1, 0.15) is 17.8 Å². The first kappa shape index (κ1) is 38.1. The van der Waals surface area contributed by atoms with Crippen molar-refractivity contribution in [2.24, 2.45) is 16.5 Å². The topological polar surface area (TPSA) is 156 Å². The lowest BCUT2D eigenvalue weighted by atomic mass is 9.85. The lowest BCUT2D eigenvalue weighted by Gasteiger charge is -2.36. The van der Waals surface area contributed by atoms with E-state index in [1.807, 2.05) is 27.7 Å². The molecular weight excluding hydrogens is 650 g/mol. The highest BCUT2D eigenvalue weighted by Crippen LogP contribution is 2.41. The van der Waals surface area contributed by atoms with E-state index in [1.54, 1.807) is 25.3 Å². The van der Waals surface area contributed by atoms with Gasteiger partial charge in [0, 0.05) is 36.9 Å². The highest BCUT2D eigenvalue weighted by molar-refractivity contribution is 6.38. The van der Waals surface area contributed by atoms with Gasteiger partial charge in [-0.25, -0.2) is 0 Å². The zero-order valence-corrected chi connectivity index (χ0v) is 30.4. The van der Waals surface area contributed by atoms with Crippen molar-refractivity contribution in [2.45, 2.75) is 122 Å². The summed E-state index contributed by atoms with van der Waals surface area (Å²) in [6.07, 6.45) is 7.95. The van der Waals surface area contributed by atoms with Crippen LogP contribution in [-0.4, -0.2) is 84.5 Å². The SMILES string of the molecule is CCC[C@H](NC(=O)[C@@H]1C[C@]2(CC(c3cc(Cl)ccc3OC)=NO2)CN1C(=O)[C@@H](NC(=O)CC1CCCCCC1)C(C)(C)C)C(=O)C(=O)NC. The largest absolute Gasteiger partial charge is 0.496 e. The molecule has 1 saturated carbocycles. The Morgan fingerprint density at radius 3 is 2.41 bits per heavy atom. The molecule has 4 atom stereocenters. The van der Waals surface area contributed by atoms with Crippen LogP contribution in [0.25, 0.3) is 0 Å². The molecule has 2 aliphatic heterocycles. The lowest BCUT2D eigenvalue weighted by Crippen LogP contribution is -2.59. The Hall–Kier alpha value is -3.67. The molecule has 0 aromatic heterocycles. The summed E-state index contributed by atoms with van der Waals surface area (Å²) in [5.74, 6) is -1.97. The molecule has 12 nitrogen and oxygen atoms in total. The zero-order valence-electron chi connectivity index (χ0n) is 29.7. The van der Waals surface area contributed by atoms with Crippen molar-refractivity contribution in [1.82, 2.24) is 20.9 Å². The molecule has 2 heterocycles. The third-order valence-electron chi connectivity index (χ3n) is 9.83. The Bertz CT molecular complexity index is 1430. The minimum Gasteiger partial charge on any atom is -0.496 e. The van der Waals surface area contributed by atoms with Gasteiger partial charge >= 0.3 is 0 Å². The molecule has 0 radical (unpaired) electrons. The number of ether oxygens (including phenoxy) is 1. The standard InChI is InChI=1S/C36H52ClN5O7/c1-7-12-25(30(44)33(46)38-5)39-32(45)27-20-36(19-26(41-49-36)24-18-23(37)15-16-28(24)48-6)21-42(27)34(47)31(35(2,3)4)40-29(43)17-22-13-10-8-9-11-14-22/h15-16,18,22,25,27,31H,7-14,17,19-21H2,1-6H3,(H,38,46)(H,39,45)(H,40,43)/t25-,27-,31+,36+/m0/s1. The van der Waals surface area contributed by atoms with Crippen LogP contribution in [0, 0.1) is 11.3 Å². The molecule has 1 aliphatic carbocycles. The van der Waals surface area contributed by atoms with Crippen LogP contribution in [0.15, 0.2) is 23.4 Å². The van der Waals surface area contributed by atoms with Crippen molar-refractivity contribution < 1.29 is 33.5 Å². The fourth-order valence-corrected chi connectivity index (χ4v) is 7.32. The molecule has 49 heavy (non-hydrogen) atoms. The maximum Gasteiger partial charge on any atom is 0.289 e. The number of hydrogen-bond donors (Lipinski definition) is 3. The molecule has 270 valence electrons. The van der Waals surface area contributed by atoms with Gasteiger partial charge in [-0.2, -0.15) is 0 Å². The summed E-state index contributed by atoms with van der Waals surface area (Å²) in [4.78, 5) is 74.8. The first-order valence-corrected chi connectivity index (χ1v) is 17.8. The zero-order chi connectivity index (χ0) is 35.9. The molecule has 4 rings (SSSR count). The highest BCUT2D eigenvalue weighted by atomic mass is 35.5. The monoisotopic (exact) mass is 701 g/mol. The number of carbonyl (C=O) groups is 5. The normalized spacial score (nSPS) is 22.4. The molecule has 2 fully saturated rings. The third kappa shape index (κ3) is 9.32. The van der Waals surface area contributed by atoms with E-state index in [0.717, 1.165) is 25.7 Å². The van der Waals surface area contributed by atoms with E-state index in [4.69, 9.17) is 21.2 Å². The molecule has 3 aliphatic rings. The van der Waals surface area contributed by atoms with Crippen LogP contribution >= 0.6 is 11.6 Å². The smallest absolute Gasteiger partial charge is 0.289 e. The number of likely N-dealkylation sites (tertiary alicyclic amines) is 1. The number of oxime groups is 1. The summed E-state index contributed by atoms with van der Waals surface area (Å²) < 4.78 is 5.54. The summed E-state index contributed by atoms with van der Waals surface area (Å²) in [6, 6.07) is 2.08. The number of rotatable bonds is 12. The van der Waals surface area contributed by atoms with Crippen LogP contribution in [0.1, 0.15) is 104 Å². The third-order valence-corrected chi connectivity index (χ3v) is 10.1. The predicted molar refractivity (Wildman–Crippen MR) is 186 cm³/mol. The van der Waals surface area contributed by atoms with Crippen molar-refractivity contribution in [3.8, 4) is 5.75 Å². The first-order chi connectivity index (χ1) is 23.2. The number of amides is 4. The number of carbonyl (C=O) groups excluding carboxylic acids is 5. The van der Waals surface area contributed by atoms with Crippen LogP contribution in [-0.2, 0) is 28.8 Å². The summed E-state index contributed by atoms with van der Waals surface area (Å²) in [6.45, 7) is 7.48. The first-order valence-electron chi connectivity index (χ1n) is 17.5. The summed E-state index contributed by atoms with van der Waals surface area (Å²) >= 11 is 6.31. The molecular formula is C36H52ClN5O7. The average molecular weight is 702 g/mol. The number of hydrogen-bond acceptors (Lipinski definition) is 8. The maximum atomic E-state index is 14.6. The average Bonchev–Trinajstić information content (AvgIpc) is 3.56. The van der Waals surface area contributed by atoms with Gasteiger partial charge in [-0.1, -0.05) is 76.6 Å². The van der Waals surface area contributed by atoms with E-state index in [9.17, 15) is 24.0 Å². The van der Waals surface area contributed by atoms with Gasteiger partial charge in [0.2, 0.25) is 23.5 Å². The molecule has 0 unspecified atom stereocenters. The summed E-state index contributed by atoms with van der Waals surface area (Å²) in [7, 11) is 2.89. The van der Waals surface area contributed by atoms with Gasteiger partial charge in [0.15, 0.2) is 5.60 Å². The van der Waals surface area contributed by atoms with Crippen molar-refractivity contribution in [3.63, 3.8) is 0 Å². The van der Waals surface area contributed by atoms with E-state index in [1.165, 1.54) is 24.8 Å². The number of benzene rings is 1. The maximum absolute atomic E-state index is 14.6. The number of methoxy groups -OCH3 is 1. The van der Waals surface area contributed by atoms with Gasteiger partial charge in [0.05, 0.1) is 25.4 Å². The molecule has 1 aromatic carbocycles. The lowest BCUT2D eigenvalue weighted by molar-refractivity contribution is -0.145. The minimum atomic E-state index is -1.07. The number of Topliss-reactive ketones (excluding diaryl/α,β-unsaturated/α-hetero) is 1. The fourth-order valence-electron chi connectivity index (χ4n) is 7.15. The van der Waals surface area contributed by atoms with Crippen molar-refractivity contribution in [3.05, 3.63) is 28.8 Å². The Balaban J connectivity index is 1.63. The molecule has 4 amide bonds. The Morgan fingerprint density at radius 2 is 1.80 bits per heavy atom. The predicted octanol–water partition coefficient (Wildman–Crippen LogP) is 4.30. The van der Waals surface area contributed by atoms with Crippen LogP contribution in [0.4, 0.5) is 0 Å². The number of ketones is 1. The summed E-state index contributed by atoms with van der Waals surface area (Å²) in [5, 5.41) is 13.0. The molecule has 1 aromatic rings. The van der Waals surface area contributed by atoms with Crippen LogP contribution < -0.4 is 20.7 Å². The van der Waals surface area contributed by atoms with Crippen LogP contribution in [0.5, 0.6) is 5.75 Å². The Labute approximate surface area is 294 Å². The number of nitrogens with zero attached hydrogens (tertiary/aromatic N) is 2. The Morgan fingerprint density at radius 1 is 1.10 bits per heavy atom. The fraction of sp³-hybridized carbons (Fsp3) is 0.667. The van der Waals surface area contributed by atoms with Crippen molar-refractivity contribution in [2.75, 3.05) is 20.7 Å². The molecule has 1 saturated heterocycles. The van der Waals surface area contributed by atoms with Gasteiger partial charge in [-0.3, -0.25) is 24.0 Å². The van der Waals surface area contributed by atoms with Crippen LogP contribution in [0.2, 0.25) is 5.02 Å². The van der Waals surface area contributed by atoms with E-state index in [-0.39, 0.29) is 37.6 Å². The van der Waals surface area contributed by atoms with E-state index < -0.39 is 52.6 Å². The van der Waals surface area contributed by atoms with Gasteiger partial charge in [-0.15, -0.1) is 0 Å². The second-order valence-corrected chi connectivity index (χ2v) is 15.2. The van der Waals surface area contributed by atoms with Gasteiger partial charge in [-0.05, 0) is 48.8 Å². The van der Waals surface area contributed by atoms with Crippen molar-refractivity contribution >= 4 is 46.7 Å². The number of nitrogens with one attached hydrogen (secondary N) is 3. The van der Waals surface area contributed by atoms with E-state index >= 15 is 0 Å². The Kier molecular flexibility index (Phi) is 12.7.